The molecule has 30 heterocycles. The van der Waals surface area contributed by atoms with E-state index in [1.165, 1.54) is 0 Å². The lowest BCUT2D eigenvalue weighted by Crippen LogP contribution is -2.68. The van der Waals surface area contributed by atoms with Gasteiger partial charge in [-0.3, -0.25) is 0 Å². The van der Waals surface area contributed by atoms with Gasteiger partial charge in [-0.2, -0.15) is 0 Å². The van der Waals surface area contributed by atoms with E-state index in [9.17, 15) is 117 Å². The zero-order chi connectivity index (χ0) is 63.2. The van der Waals surface area contributed by atoms with Crippen LogP contribution in [0, 0.1) is 0 Å². The molecule has 0 aromatic heterocycles. The minimum Gasteiger partial charge on any atom is -0.394 e. The van der Waals surface area contributed by atoms with Crippen molar-refractivity contribution < 1.29 is 193 Å². The molecule has 30 aliphatic heterocycles. The van der Waals surface area contributed by atoms with E-state index in [-0.39, 0.29) is 0 Å². The summed E-state index contributed by atoms with van der Waals surface area (Å²) in [5.74, 6) is 0. The highest BCUT2D eigenvalue weighted by atomic mass is 16.8. The maximum atomic E-state index is 11.4. The SMILES string of the molecule is OC[C@H]1OC2O[C@H]3[C@H](O)[C@@H](O)C(O[C@H]4[C@H](O)[C@@H](O)C(O[C@H]5[C@H](O)[C@@H](O)C(O[C@H]6[C@H](O)[C@@H](O)C(O[C@H]7[C@H](O)[C@@H](O)C(O[C@H]8[C@H](O)[C@@H](O)C(O[C@H]9[C@H](O)CC(O[C@H]1[C@H](O)[C@H]2O)O[C@@H]9CO)O[C@@H]8CO)O[C@@H]7CO)O[C@@H]6CO)O[C@@H]5CO)O[C@@H]4CO)O[C@@H]3CO. The van der Waals surface area contributed by atoms with Crippen LogP contribution in [0.1, 0.15) is 6.42 Å². The molecule has 0 aliphatic carbocycles. The highest BCUT2D eigenvalue weighted by Crippen LogP contribution is 2.39. The standard InChI is InChI=1S/C48H80O39/c49-2-11-34-10(57)1-19(72-11)80-35-12(3-50)73-43(27(65)20(35)58)82-37-14(5-52)75-45(29(67)22(37)60)84-39-16(7-54)77-47(31(69)24(39)62)86-41-18(9-56)79-48(33(71)26(41)64)87-40-17(8-55)78-46(32(70)25(40)63)85-38-15(6-53)76-44(30(68)23(38)61)83-36-13(4-51)74-42(81-34)28(66)21(36)59/h10-71H,1-9H2/t10-,11-,12-,13-,14-,15-,16-,17-,18-,19?,20-,21-,22-,23-,24-,25-,26-,27-,28-,29-,30-,31-,32-,33-,34+,35-,36-,37-,38-,39-,40-,41-,42?,43?,44?,45?,46?,47?,48?/m1/s1. The summed E-state index contributed by atoms with van der Waals surface area (Å²) in [6.07, 6.45) is -77.4. The Morgan fingerprint density at radius 2 is 0.345 bits per heavy atom. The molecule has 39 atom stereocenters. The molecule has 30 fully saturated rings. The molecule has 30 saturated heterocycles. The number of hydrogen-bond acceptors (Lipinski definition) is 39. The van der Waals surface area contributed by atoms with Gasteiger partial charge in [0.1, 0.15) is 183 Å². The van der Waals surface area contributed by atoms with Crippen LogP contribution >= 0.6 is 0 Å². The van der Waals surface area contributed by atoms with E-state index in [1.54, 1.807) is 0 Å². The molecule has 0 saturated carbocycles. The third-order valence-electron chi connectivity index (χ3n) is 16.8. The molecule has 0 aromatic rings. The molecular weight excluding hydrogens is 1200 g/mol. The van der Waals surface area contributed by atoms with E-state index in [4.69, 9.17) is 75.8 Å². The second-order valence-corrected chi connectivity index (χ2v) is 22.3. The molecule has 16 bridgehead atoms. The molecule has 39 nitrogen and oxygen atoms in total. The average Bonchev–Trinajstić information content (AvgIpc) is 1.11. The van der Waals surface area contributed by atoms with Crippen LogP contribution in [-0.4, -0.2) is 410 Å². The molecule has 23 N–H and O–H groups in total. The Morgan fingerprint density at radius 1 is 0.184 bits per heavy atom. The van der Waals surface area contributed by atoms with Crippen molar-refractivity contribution in [3.8, 4) is 0 Å². The Morgan fingerprint density at radius 3 is 0.529 bits per heavy atom. The first kappa shape index (κ1) is 69.8. The maximum Gasteiger partial charge on any atom is 0.187 e. The van der Waals surface area contributed by atoms with Gasteiger partial charge >= 0.3 is 0 Å². The molecule has 30 rings (SSSR count). The van der Waals surface area contributed by atoms with E-state index in [0.29, 0.717) is 0 Å². The van der Waals surface area contributed by atoms with Gasteiger partial charge in [-0.1, -0.05) is 0 Å². The largest absolute Gasteiger partial charge is 0.394 e. The van der Waals surface area contributed by atoms with Crippen molar-refractivity contribution in [3.63, 3.8) is 0 Å². The number of ether oxygens (including phenoxy) is 16. The van der Waals surface area contributed by atoms with E-state index in [1.807, 2.05) is 0 Å². The molecule has 87 heavy (non-hydrogen) atoms. The molecule has 30 aliphatic rings. The van der Waals surface area contributed by atoms with Crippen LogP contribution in [0.3, 0.4) is 0 Å². The number of hydrogen-bond donors (Lipinski definition) is 23. The summed E-state index contributed by atoms with van der Waals surface area (Å²) >= 11 is 0. The van der Waals surface area contributed by atoms with Crippen LogP contribution in [0.25, 0.3) is 0 Å². The zero-order valence-corrected chi connectivity index (χ0v) is 45.7. The van der Waals surface area contributed by atoms with Crippen molar-refractivity contribution in [1.29, 1.82) is 0 Å². The fourth-order valence-corrected chi connectivity index (χ4v) is 11.9. The predicted octanol–water partition coefficient (Wildman–Crippen LogP) is -16.4. The van der Waals surface area contributed by atoms with Crippen LogP contribution in [0.15, 0.2) is 0 Å². The molecule has 0 aromatic carbocycles. The zero-order valence-electron chi connectivity index (χ0n) is 45.7. The Hall–Kier alpha value is -1.56. The number of aliphatic hydroxyl groups is 23. The summed E-state index contributed by atoms with van der Waals surface area (Å²) in [6, 6.07) is 0. The molecule has 0 spiro atoms. The van der Waals surface area contributed by atoms with Gasteiger partial charge in [-0.15, -0.1) is 0 Å². The second-order valence-electron chi connectivity index (χ2n) is 22.3. The Labute approximate surface area is 491 Å². The van der Waals surface area contributed by atoms with Crippen LogP contribution in [0.5, 0.6) is 0 Å². The third kappa shape index (κ3) is 14.0. The number of rotatable bonds is 8. The lowest BCUT2D eigenvalue weighted by molar-refractivity contribution is -0.401. The highest BCUT2D eigenvalue weighted by Gasteiger charge is 2.60. The first-order valence-corrected chi connectivity index (χ1v) is 28.0. The maximum absolute atomic E-state index is 11.4. The van der Waals surface area contributed by atoms with E-state index < -0.39 is 299 Å². The summed E-state index contributed by atoms with van der Waals surface area (Å²) in [4.78, 5) is 0. The van der Waals surface area contributed by atoms with Crippen molar-refractivity contribution in [2.45, 2.75) is 246 Å². The smallest absolute Gasteiger partial charge is 0.187 e. The van der Waals surface area contributed by atoms with Crippen molar-refractivity contribution >= 4 is 0 Å². The van der Waals surface area contributed by atoms with Gasteiger partial charge in [0.2, 0.25) is 0 Å². The molecule has 0 amide bonds. The summed E-state index contributed by atoms with van der Waals surface area (Å²) in [5.41, 5.74) is 0. The highest BCUT2D eigenvalue weighted by molar-refractivity contribution is 5.02. The molecular formula is C48H80O39. The topological polar surface area (TPSA) is 613 Å². The second kappa shape index (κ2) is 29.8. The van der Waals surface area contributed by atoms with Crippen molar-refractivity contribution in [1.82, 2.24) is 0 Å². The van der Waals surface area contributed by atoms with Crippen LogP contribution in [-0.2, 0) is 75.8 Å². The average molecular weight is 1280 g/mol. The fourth-order valence-electron chi connectivity index (χ4n) is 11.9. The van der Waals surface area contributed by atoms with Gasteiger partial charge in [0.15, 0.2) is 50.3 Å². The molecule has 506 valence electrons. The fraction of sp³-hybridized carbons (Fsp3) is 1.00. The lowest BCUT2D eigenvalue weighted by Gasteiger charge is -2.50. The molecule has 8 unspecified atom stereocenters. The van der Waals surface area contributed by atoms with Crippen molar-refractivity contribution in [2.75, 3.05) is 52.9 Å². The van der Waals surface area contributed by atoms with Crippen LogP contribution < -0.4 is 0 Å². The number of aliphatic hydroxyl groups excluding tert-OH is 23. The van der Waals surface area contributed by atoms with Gasteiger partial charge in [0.25, 0.3) is 0 Å². The van der Waals surface area contributed by atoms with Crippen LogP contribution in [0.4, 0.5) is 0 Å². The summed E-state index contributed by atoms with van der Waals surface area (Å²) in [7, 11) is 0. The minimum atomic E-state index is -2.24. The summed E-state index contributed by atoms with van der Waals surface area (Å²) < 4.78 is 91.7. The Balaban J connectivity index is 0.967. The Bertz CT molecular complexity index is 2100. The normalized spacial score (nSPS) is 55.0. The molecule has 0 radical (unpaired) electrons. The van der Waals surface area contributed by atoms with E-state index in [0.717, 1.165) is 0 Å². The molecule has 39 heteroatoms. The van der Waals surface area contributed by atoms with Crippen molar-refractivity contribution in [3.05, 3.63) is 0 Å². The van der Waals surface area contributed by atoms with Gasteiger partial charge in [0.05, 0.1) is 59.0 Å². The monoisotopic (exact) mass is 1280 g/mol. The van der Waals surface area contributed by atoms with Gasteiger partial charge in [0, 0.05) is 6.42 Å². The van der Waals surface area contributed by atoms with Crippen molar-refractivity contribution in [2.24, 2.45) is 0 Å². The first-order valence-electron chi connectivity index (χ1n) is 28.0. The van der Waals surface area contributed by atoms with E-state index >= 15 is 0 Å². The summed E-state index contributed by atoms with van der Waals surface area (Å²) in [5, 5.41) is 254. The Kier molecular flexibility index (Phi) is 23.9. The lowest BCUT2D eigenvalue weighted by atomic mass is 9.95. The van der Waals surface area contributed by atoms with Gasteiger partial charge in [-0.05, 0) is 0 Å². The van der Waals surface area contributed by atoms with Crippen LogP contribution in [0.2, 0.25) is 0 Å². The van der Waals surface area contributed by atoms with E-state index in [2.05, 4.69) is 0 Å². The quantitative estimate of drug-likeness (QED) is 0.107. The minimum absolute atomic E-state index is 0.587. The predicted molar refractivity (Wildman–Crippen MR) is 260 cm³/mol. The summed E-state index contributed by atoms with van der Waals surface area (Å²) in [6.45, 7) is -8.29. The first-order chi connectivity index (χ1) is 41.5. The van der Waals surface area contributed by atoms with Gasteiger partial charge < -0.3 is 193 Å². The van der Waals surface area contributed by atoms with Gasteiger partial charge in [-0.25, -0.2) is 0 Å². The third-order valence-corrected chi connectivity index (χ3v) is 16.8.